The molecule has 0 aliphatic rings. The van der Waals surface area contributed by atoms with E-state index in [2.05, 4.69) is 13.8 Å². The molecule has 2 atom stereocenters. The number of esters is 1. The Morgan fingerprint density at radius 2 is 1.61 bits per heavy atom. The quantitative estimate of drug-likeness (QED) is 0.305. The first-order valence-electron chi connectivity index (χ1n) is 10.3. The fourth-order valence-corrected chi connectivity index (χ4v) is 3.83. The highest BCUT2D eigenvalue weighted by atomic mass is 35.5. The number of aliphatic hydroxyl groups is 1. The molecular weight excluding hydrogens is 491 g/mol. The fourth-order valence-electron chi connectivity index (χ4n) is 3.14. The SMILES string of the molecule is COC[C@@H](COc1ccc(C(C)(C)c2cc(Cl)c(OC[C@H](O)CCl)c(Cl)c2)cc1)OC(C)=O. The number of alkyl halides is 1. The van der Waals surface area contributed by atoms with E-state index in [4.69, 9.17) is 53.8 Å². The third-order valence-electron chi connectivity index (χ3n) is 5.02. The third kappa shape index (κ3) is 7.94. The van der Waals surface area contributed by atoms with E-state index in [0.29, 0.717) is 21.5 Å². The summed E-state index contributed by atoms with van der Waals surface area (Å²) in [6.07, 6.45) is -1.30. The number of rotatable bonds is 12. The molecule has 0 bridgehead atoms. The maximum Gasteiger partial charge on any atom is 0.303 e. The monoisotopic (exact) mass is 518 g/mol. The van der Waals surface area contributed by atoms with Gasteiger partial charge < -0.3 is 24.1 Å². The maximum absolute atomic E-state index is 11.2. The predicted octanol–water partition coefficient (Wildman–Crippen LogP) is 5.25. The summed E-state index contributed by atoms with van der Waals surface area (Å²) < 4.78 is 21.5. The van der Waals surface area contributed by atoms with E-state index in [1.807, 2.05) is 24.3 Å². The topological polar surface area (TPSA) is 74.2 Å². The summed E-state index contributed by atoms with van der Waals surface area (Å²) in [7, 11) is 1.54. The van der Waals surface area contributed by atoms with Crippen molar-refractivity contribution >= 4 is 40.8 Å². The molecule has 0 amide bonds. The molecule has 0 aromatic heterocycles. The minimum atomic E-state index is -0.811. The van der Waals surface area contributed by atoms with Gasteiger partial charge in [-0.05, 0) is 35.4 Å². The van der Waals surface area contributed by atoms with Crippen molar-refractivity contribution in [3.63, 3.8) is 0 Å². The summed E-state index contributed by atoms with van der Waals surface area (Å²) in [4.78, 5) is 11.2. The van der Waals surface area contributed by atoms with E-state index in [0.717, 1.165) is 11.1 Å². The Morgan fingerprint density at radius 1 is 1.00 bits per heavy atom. The molecular formula is C24H29Cl3O6. The molecule has 6 nitrogen and oxygen atoms in total. The van der Waals surface area contributed by atoms with Crippen LogP contribution in [0.15, 0.2) is 36.4 Å². The number of ether oxygens (including phenoxy) is 4. The molecule has 2 rings (SSSR count). The number of halogens is 3. The molecule has 182 valence electrons. The Labute approximate surface area is 209 Å². The van der Waals surface area contributed by atoms with Gasteiger partial charge in [0, 0.05) is 19.4 Å². The van der Waals surface area contributed by atoms with Crippen LogP contribution in [-0.2, 0) is 19.7 Å². The Balaban J connectivity index is 2.14. The molecule has 0 aliphatic heterocycles. The van der Waals surface area contributed by atoms with E-state index in [1.54, 1.807) is 12.1 Å². The van der Waals surface area contributed by atoms with E-state index in [9.17, 15) is 9.90 Å². The van der Waals surface area contributed by atoms with Crippen molar-refractivity contribution in [1.82, 2.24) is 0 Å². The number of carbonyl (C=O) groups excluding carboxylic acids is 1. The standard InChI is InChI=1S/C24H29Cl3O6/c1-15(28)33-20(13-30-4)14-31-19-7-5-16(6-8-19)24(2,3)17-9-21(26)23(22(27)10-17)32-12-18(29)11-25/h5-10,18,20,29H,11-14H2,1-4H3/t18-,20+/m1/s1. The van der Waals surface area contributed by atoms with Gasteiger partial charge in [-0.2, -0.15) is 0 Å². The molecule has 2 aromatic rings. The minimum absolute atomic E-state index is 0.00413. The molecule has 0 saturated carbocycles. The van der Waals surface area contributed by atoms with Crippen molar-refractivity contribution in [3.05, 3.63) is 57.6 Å². The normalized spacial score (nSPS) is 13.3. The second kappa shape index (κ2) is 12.7. The average molecular weight is 520 g/mol. The van der Waals surface area contributed by atoms with Crippen molar-refractivity contribution in [2.75, 3.05) is 32.8 Å². The van der Waals surface area contributed by atoms with Crippen LogP contribution >= 0.6 is 34.8 Å². The van der Waals surface area contributed by atoms with Gasteiger partial charge in [-0.25, -0.2) is 0 Å². The van der Waals surface area contributed by atoms with Crippen molar-refractivity contribution < 1.29 is 28.8 Å². The van der Waals surface area contributed by atoms with E-state index in [1.165, 1.54) is 14.0 Å². The number of hydrogen-bond acceptors (Lipinski definition) is 6. The van der Waals surface area contributed by atoms with Crippen molar-refractivity contribution in [1.29, 1.82) is 0 Å². The molecule has 0 unspecified atom stereocenters. The van der Waals surface area contributed by atoms with Crippen molar-refractivity contribution in [2.24, 2.45) is 0 Å². The van der Waals surface area contributed by atoms with Gasteiger partial charge in [0.2, 0.25) is 0 Å². The van der Waals surface area contributed by atoms with Gasteiger partial charge in [0.1, 0.15) is 25.1 Å². The summed E-state index contributed by atoms with van der Waals surface area (Å²) in [6.45, 7) is 5.88. The van der Waals surface area contributed by atoms with Gasteiger partial charge in [0.25, 0.3) is 0 Å². The summed E-state index contributed by atoms with van der Waals surface area (Å²) in [5.74, 6) is 0.614. The van der Waals surface area contributed by atoms with Crippen LogP contribution in [0.3, 0.4) is 0 Å². The predicted molar refractivity (Wildman–Crippen MR) is 130 cm³/mol. The second-order valence-corrected chi connectivity index (χ2v) is 9.16. The first-order chi connectivity index (χ1) is 15.6. The molecule has 0 heterocycles. The molecule has 9 heteroatoms. The highest BCUT2D eigenvalue weighted by Gasteiger charge is 2.26. The molecule has 0 spiro atoms. The Morgan fingerprint density at radius 3 is 2.12 bits per heavy atom. The zero-order valence-corrected chi connectivity index (χ0v) is 21.3. The zero-order valence-electron chi connectivity index (χ0n) is 19.1. The Bertz CT molecular complexity index is 894. The number of benzene rings is 2. The molecule has 0 saturated heterocycles. The lowest BCUT2D eigenvalue weighted by Crippen LogP contribution is -2.28. The van der Waals surface area contributed by atoms with E-state index in [-0.39, 0.29) is 31.7 Å². The van der Waals surface area contributed by atoms with Gasteiger partial charge in [-0.1, -0.05) is 49.2 Å². The zero-order chi connectivity index (χ0) is 24.6. The van der Waals surface area contributed by atoms with Crippen molar-refractivity contribution in [3.8, 4) is 11.5 Å². The molecule has 0 aliphatic carbocycles. The fraction of sp³-hybridized carbons (Fsp3) is 0.458. The van der Waals surface area contributed by atoms with Gasteiger partial charge >= 0.3 is 5.97 Å². The van der Waals surface area contributed by atoms with Crippen LogP contribution in [0, 0.1) is 0 Å². The number of aliphatic hydroxyl groups excluding tert-OH is 1. The lowest BCUT2D eigenvalue weighted by molar-refractivity contribution is -0.150. The largest absolute Gasteiger partial charge is 0.490 e. The Kier molecular flexibility index (Phi) is 10.6. The number of methoxy groups -OCH3 is 1. The van der Waals surface area contributed by atoms with Crippen LogP contribution in [-0.4, -0.2) is 56.1 Å². The molecule has 2 aromatic carbocycles. The van der Waals surface area contributed by atoms with Crippen LogP contribution < -0.4 is 9.47 Å². The lowest BCUT2D eigenvalue weighted by Gasteiger charge is -2.27. The van der Waals surface area contributed by atoms with E-state index >= 15 is 0 Å². The first kappa shape index (κ1) is 27.5. The summed E-state index contributed by atoms with van der Waals surface area (Å²) in [5.41, 5.74) is 1.49. The van der Waals surface area contributed by atoms with Gasteiger partial charge in [-0.3, -0.25) is 4.79 Å². The summed E-state index contributed by atoms with van der Waals surface area (Å²) >= 11 is 18.4. The molecule has 0 radical (unpaired) electrons. The average Bonchev–Trinajstić information content (AvgIpc) is 2.76. The highest BCUT2D eigenvalue weighted by Crippen LogP contribution is 2.40. The lowest BCUT2D eigenvalue weighted by atomic mass is 9.78. The second-order valence-electron chi connectivity index (χ2n) is 8.04. The Hall–Kier alpha value is -1.70. The van der Waals surface area contributed by atoms with Gasteiger partial charge in [0.05, 0.1) is 22.5 Å². The molecule has 0 fully saturated rings. The van der Waals surface area contributed by atoms with Crippen LogP contribution in [0.5, 0.6) is 11.5 Å². The van der Waals surface area contributed by atoms with Gasteiger partial charge in [0.15, 0.2) is 11.9 Å². The maximum atomic E-state index is 11.2. The molecule has 1 N–H and O–H groups in total. The van der Waals surface area contributed by atoms with Crippen LogP contribution in [0.2, 0.25) is 10.0 Å². The van der Waals surface area contributed by atoms with Crippen molar-refractivity contribution in [2.45, 2.75) is 38.4 Å². The minimum Gasteiger partial charge on any atom is -0.490 e. The highest BCUT2D eigenvalue weighted by molar-refractivity contribution is 6.37. The number of hydrogen-bond donors (Lipinski definition) is 1. The van der Waals surface area contributed by atoms with E-state index < -0.39 is 17.6 Å². The van der Waals surface area contributed by atoms with Crippen LogP contribution in [0.25, 0.3) is 0 Å². The van der Waals surface area contributed by atoms with Gasteiger partial charge in [-0.15, -0.1) is 11.6 Å². The molecule has 33 heavy (non-hydrogen) atoms. The third-order valence-corrected chi connectivity index (χ3v) is 5.93. The summed E-state index contributed by atoms with van der Waals surface area (Å²) in [6, 6.07) is 11.2. The van der Waals surface area contributed by atoms with Crippen LogP contribution in [0.4, 0.5) is 0 Å². The van der Waals surface area contributed by atoms with Crippen LogP contribution in [0.1, 0.15) is 31.9 Å². The number of carbonyl (C=O) groups is 1. The summed E-state index contributed by atoms with van der Waals surface area (Å²) in [5, 5.41) is 10.3. The smallest absolute Gasteiger partial charge is 0.303 e. The first-order valence-corrected chi connectivity index (χ1v) is 11.6.